The fraction of sp³-hybridized carbons (Fsp3) is 0.391. The highest BCUT2D eigenvalue weighted by Gasteiger charge is 2.30. The van der Waals surface area contributed by atoms with Crippen molar-refractivity contribution < 1.29 is 22.4 Å². The summed E-state index contributed by atoms with van der Waals surface area (Å²) >= 11 is 0. The van der Waals surface area contributed by atoms with Gasteiger partial charge in [0.1, 0.15) is 5.75 Å². The first kappa shape index (κ1) is 22.3. The summed E-state index contributed by atoms with van der Waals surface area (Å²) in [4.78, 5) is 8.99. The van der Waals surface area contributed by atoms with Gasteiger partial charge in [0.15, 0.2) is 0 Å². The van der Waals surface area contributed by atoms with Crippen LogP contribution in [0.3, 0.4) is 0 Å². The molecule has 4 rings (SSSR count). The summed E-state index contributed by atoms with van der Waals surface area (Å²) in [6.07, 6.45) is -4.30. The lowest BCUT2D eigenvalue weighted by Crippen LogP contribution is -2.45. The van der Waals surface area contributed by atoms with Crippen molar-refractivity contribution in [3.63, 3.8) is 0 Å². The van der Waals surface area contributed by atoms with Crippen molar-refractivity contribution >= 4 is 0 Å². The average molecular weight is 446 g/mol. The topological polar surface area (TPSA) is 54.6 Å². The molecule has 0 saturated carbocycles. The number of piperazine rings is 1. The highest BCUT2D eigenvalue weighted by Crippen LogP contribution is 2.29. The Morgan fingerprint density at radius 3 is 2.25 bits per heavy atom. The highest BCUT2D eigenvalue weighted by atomic mass is 19.4. The molecular weight excluding hydrogens is 421 g/mol. The highest BCUT2D eigenvalue weighted by molar-refractivity contribution is 5.63. The minimum absolute atomic E-state index is 0.505. The fourth-order valence-corrected chi connectivity index (χ4v) is 3.72. The van der Waals surface area contributed by atoms with Gasteiger partial charge < -0.3 is 9.26 Å². The van der Waals surface area contributed by atoms with Crippen LogP contribution < -0.4 is 4.74 Å². The Hall–Kier alpha value is -2.91. The van der Waals surface area contributed by atoms with Gasteiger partial charge in [-0.05, 0) is 36.8 Å². The third-order valence-corrected chi connectivity index (χ3v) is 5.41. The lowest BCUT2D eigenvalue weighted by Gasteiger charge is -2.33. The molecule has 0 amide bonds. The van der Waals surface area contributed by atoms with E-state index in [1.54, 1.807) is 12.1 Å². The maximum absolute atomic E-state index is 12.7. The van der Waals surface area contributed by atoms with Gasteiger partial charge in [0.05, 0.1) is 24.3 Å². The van der Waals surface area contributed by atoms with Crippen molar-refractivity contribution in [1.82, 2.24) is 19.9 Å². The Balaban J connectivity index is 1.29. The molecule has 9 heteroatoms. The Morgan fingerprint density at radius 2 is 1.59 bits per heavy atom. The predicted molar refractivity (Wildman–Crippen MR) is 113 cm³/mol. The van der Waals surface area contributed by atoms with E-state index in [9.17, 15) is 13.2 Å². The van der Waals surface area contributed by atoms with E-state index in [1.165, 1.54) is 0 Å². The van der Waals surface area contributed by atoms with Gasteiger partial charge in [-0.1, -0.05) is 29.4 Å². The minimum Gasteiger partial charge on any atom is -0.493 e. The van der Waals surface area contributed by atoms with Crippen LogP contribution in [0.15, 0.2) is 53.1 Å². The van der Waals surface area contributed by atoms with Gasteiger partial charge in [-0.25, -0.2) is 0 Å². The molecule has 1 saturated heterocycles. The van der Waals surface area contributed by atoms with Gasteiger partial charge in [0, 0.05) is 32.7 Å². The van der Waals surface area contributed by atoms with Crippen molar-refractivity contribution in [2.45, 2.75) is 26.2 Å². The molecule has 0 aliphatic carbocycles. The van der Waals surface area contributed by atoms with Crippen LogP contribution in [0, 0.1) is 0 Å². The molecule has 1 aliphatic rings. The second-order valence-corrected chi connectivity index (χ2v) is 7.69. The fourth-order valence-electron chi connectivity index (χ4n) is 3.72. The normalized spacial score (nSPS) is 15.8. The van der Waals surface area contributed by atoms with E-state index in [1.807, 2.05) is 31.2 Å². The number of alkyl halides is 3. The third kappa shape index (κ3) is 5.46. The number of aromatic nitrogens is 2. The Labute approximate surface area is 184 Å². The zero-order chi connectivity index (χ0) is 22.6. The van der Waals surface area contributed by atoms with E-state index in [4.69, 9.17) is 9.26 Å². The molecule has 32 heavy (non-hydrogen) atoms. The van der Waals surface area contributed by atoms with Crippen LogP contribution in [0.2, 0.25) is 0 Å². The number of ether oxygens (including phenoxy) is 1. The summed E-state index contributed by atoms with van der Waals surface area (Å²) in [5.74, 6) is 1.77. The summed E-state index contributed by atoms with van der Waals surface area (Å²) in [7, 11) is 0. The smallest absolute Gasteiger partial charge is 0.416 e. The number of hydrogen-bond donors (Lipinski definition) is 0. The monoisotopic (exact) mass is 446 g/mol. The standard InChI is InChI=1S/C23H25F3N4O2/c1-2-31-20-6-4-3-5-19(20)22-27-21(32-28-22)16-30-13-11-29(12-14-30)15-17-7-9-18(10-8-17)23(24,25)26/h3-10H,2,11-16H2,1H3. The number of rotatable bonds is 7. The summed E-state index contributed by atoms with van der Waals surface area (Å²) in [6, 6.07) is 13.0. The largest absolute Gasteiger partial charge is 0.493 e. The van der Waals surface area contributed by atoms with Gasteiger partial charge in [0.2, 0.25) is 11.7 Å². The van der Waals surface area contributed by atoms with Crippen molar-refractivity contribution in [2.24, 2.45) is 0 Å². The first-order valence-electron chi connectivity index (χ1n) is 10.6. The summed E-state index contributed by atoms with van der Waals surface area (Å²) < 4.78 is 49.2. The van der Waals surface area contributed by atoms with Gasteiger partial charge in [-0.3, -0.25) is 9.80 Å². The molecule has 0 spiro atoms. The summed E-state index contributed by atoms with van der Waals surface area (Å²) in [5.41, 5.74) is 1.06. The summed E-state index contributed by atoms with van der Waals surface area (Å²) in [5, 5.41) is 4.11. The SMILES string of the molecule is CCOc1ccccc1-c1noc(CN2CCN(Cc3ccc(C(F)(F)F)cc3)CC2)n1. The van der Waals surface area contributed by atoms with Gasteiger partial charge in [0.25, 0.3) is 0 Å². The number of para-hydroxylation sites is 1. The lowest BCUT2D eigenvalue weighted by atomic mass is 10.1. The lowest BCUT2D eigenvalue weighted by molar-refractivity contribution is -0.137. The van der Waals surface area contributed by atoms with Gasteiger partial charge in [-0.2, -0.15) is 18.2 Å². The van der Waals surface area contributed by atoms with E-state index < -0.39 is 11.7 Å². The van der Waals surface area contributed by atoms with Crippen LogP contribution in [0.4, 0.5) is 13.2 Å². The number of halogens is 3. The quantitative estimate of drug-likeness (QED) is 0.534. The van der Waals surface area contributed by atoms with Crippen molar-refractivity contribution in [3.8, 4) is 17.1 Å². The molecule has 6 nitrogen and oxygen atoms in total. The zero-order valence-electron chi connectivity index (χ0n) is 17.8. The minimum atomic E-state index is -4.30. The molecule has 170 valence electrons. The second-order valence-electron chi connectivity index (χ2n) is 7.69. The van der Waals surface area contributed by atoms with Crippen molar-refractivity contribution in [3.05, 3.63) is 65.5 Å². The van der Waals surface area contributed by atoms with Crippen LogP contribution in [-0.4, -0.2) is 52.7 Å². The first-order valence-corrected chi connectivity index (χ1v) is 10.6. The predicted octanol–water partition coefficient (Wildman–Crippen LogP) is 4.47. The van der Waals surface area contributed by atoms with Gasteiger partial charge >= 0.3 is 6.18 Å². The third-order valence-electron chi connectivity index (χ3n) is 5.41. The van der Waals surface area contributed by atoms with E-state index in [0.29, 0.717) is 31.4 Å². The molecule has 2 aromatic carbocycles. The number of hydrogen-bond acceptors (Lipinski definition) is 6. The molecule has 1 fully saturated rings. The number of benzene rings is 2. The molecule has 0 unspecified atom stereocenters. The van der Waals surface area contributed by atoms with E-state index in [-0.39, 0.29) is 0 Å². The van der Waals surface area contributed by atoms with Crippen LogP contribution >= 0.6 is 0 Å². The molecule has 0 bridgehead atoms. The molecule has 0 atom stereocenters. The van der Waals surface area contributed by atoms with E-state index >= 15 is 0 Å². The van der Waals surface area contributed by atoms with Crippen LogP contribution in [0.25, 0.3) is 11.4 Å². The molecule has 1 aliphatic heterocycles. The molecule has 0 N–H and O–H groups in total. The molecule has 2 heterocycles. The van der Waals surface area contributed by atoms with Crippen molar-refractivity contribution in [1.29, 1.82) is 0 Å². The van der Waals surface area contributed by atoms with E-state index in [2.05, 4.69) is 19.9 Å². The molecule has 1 aromatic heterocycles. The van der Waals surface area contributed by atoms with Crippen LogP contribution in [-0.2, 0) is 19.3 Å². The Bertz CT molecular complexity index is 1010. The molecular formula is C23H25F3N4O2. The number of nitrogens with zero attached hydrogens (tertiary/aromatic N) is 4. The summed E-state index contributed by atoms with van der Waals surface area (Å²) in [6.45, 7) is 6.92. The van der Waals surface area contributed by atoms with Gasteiger partial charge in [-0.15, -0.1) is 0 Å². The Morgan fingerprint density at radius 1 is 0.938 bits per heavy atom. The second kappa shape index (κ2) is 9.70. The maximum atomic E-state index is 12.7. The zero-order valence-corrected chi connectivity index (χ0v) is 17.8. The van der Waals surface area contributed by atoms with E-state index in [0.717, 1.165) is 55.2 Å². The average Bonchev–Trinajstić information content (AvgIpc) is 3.24. The van der Waals surface area contributed by atoms with Crippen LogP contribution in [0.5, 0.6) is 5.75 Å². The van der Waals surface area contributed by atoms with Crippen LogP contribution in [0.1, 0.15) is 23.9 Å². The van der Waals surface area contributed by atoms with Crippen molar-refractivity contribution in [2.75, 3.05) is 32.8 Å². The molecule has 3 aromatic rings. The maximum Gasteiger partial charge on any atom is 0.416 e. The molecule has 0 radical (unpaired) electrons. The Kier molecular flexibility index (Phi) is 6.76. The first-order chi connectivity index (χ1) is 15.4.